The number of likely N-dealkylation sites (N-methyl/N-ethyl adjacent to an activating group) is 1. The summed E-state index contributed by atoms with van der Waals surface area (Å²) in [6.07, 6.45) is 0.576. The van der Waals surface area contributed by atoms with Gasteiger partial charge in [-0.25, -0.2) is 0 Å². The van der Waals surface area contributed by atoms with Gasteiger partial charge in [0.15, 0.2) is 0 Å². The Kier molecular flexibility index (Phi) is 6.68. The Morgan fingerprint density at radius 1 is 1.29 bits per heavy atom. The number of halogens is 1. The van der Waals surface area contributed by atoms with Crippen molar-refractivity contribution in [1.29, 1.82) is 5.26 Å². The first-order chi connectivity index (χ1) is 8.26. The van der Waals surface area contributed by atoms with Gasteiger partial charge in [-0.05, 0) is 30.8 Å². The molecule has 0 saturated carbocycles. The highest BCUT2D eigenvalue weighted by atomic mass is 79.9. The summed E-state index contributed by atoms with van der Waals surface area (Å²) in [7, 11) is 0. The van der Waals surface area contributed by atoms with E-state index in [4.69, 9.17) is 10.00 Å². The lowest BCUT2D eigenvalue weighted by atomic mass is 10.3. The molecule has 0 amide bonds. The summed E-state index contributed by atoms with van der Waals surface area (Å²) in [6.45, 7) is 5.37. The number of rotatable bonds is 7. The second kappa shape index (κ2) is 8.10. The van der Waals surface area contributed by atoms with Crippen LogP contribution in [-0.2, 0) is 0 Å². The summed E-state index contributed by atoms with van der Waals surface area (Å²) < 4.78 is 6.68. The van der Waals surface area contributed by atoms with Gasteiger partial charge < -0.3 is 4.74 Å². The van der Waals surface area contributed by atoms with Gasteiger partial charge in [0.2, 0.25) is 0 Å². The maximum Gasteiger partial charge on any atom is 0.119 e. The zero-order valence-electron chi connectivity index (χ0n) is 10.0. The molecule has 1 aromatic rings. The minimum atomic E-state index is 0.576. The molecule has 1 rings (SSSR count). The van der Waals surface area contributed by atoms with E-state index in [0.29, 0.717) is 13.0 Å². The largest absolute Gasteiger partial charge is 0.492 e. The van der Waals surface area contributed by atoms with Crippen LogP contribution >= 0.6 is 15.9 Å². The van der Waals surface area contributed by atoms with Crippen molar-refractivity contribution in [3.63, 3.8) is 0 Å². The fraction of sp³-hybridized carbons (Fsp3) is 0.462. The van der Waals surface area contributed by atoms with E-state index < -0.39 is 0 Å². The van der Waals surface area contributed by atoms with Crippen LogP contribution in [0.3, 0.4) is 0 Å². The smallest absolute Gasteiger partial charge is 0.119 e. The van der Waals surface area contributed by atoms with Crippen molar-refractivity contribution >= 4 is 15.9 Å². The number of ether oxygens (including phenoxy) is 1. The van der Waals surface area contributed by atoms with E-state index in [2.05, 4.69) is 33.8 Å². The number of nitrogens with zero attached hydrogens (tertiary/aromatic N) is 2. The van der Waals surface area contributed by atoms with Gasteiger partial charge in [0.1, 0.15) is 12.4 Å². The van der Waals surface area contributed by atoms with E-state index in [0.717, 1.165) is 29.9 Å². The lowest BCUT2D eigenvalue weighted by Gasteiger charge is -2.18. The topological polar surface area (TPSA) is 36.3 Å². The van der Waals surface area contributed by atoms with Crippen LogP contribution in [0.4, 0.5) is 0 Å². The van der Waals surface area contributed by atoms with Crippen molar-refractivity contribution in [2.75, 3.05) is 26.2 Å². The summed E-state index contributed by atoms with van der Waals surface area (Å²) in [5.74, 6) is 0.879. The van der Waals surface area contributed by atoms with Gasteiger partial charge in [0.25, 0.3) is 0 Å². The second-order valence-electron chi connectivity index (χ2n) is 3.64. The van der Waals surface area contributed by atoms with Crippen LogP contribution < -0.4 is 4.74 Å². The van der Waals surface area contributed by atoms with E-state index in [9.17, 15) is 0 Å². The van der Waals surface area contributed by atoms with Crippen molar-refractivity contribution in [2.24, 2.45) is 0 Å². The molecule has 0 heterocycles. The third-order valence-electron chi connectivity index (χ3n) is 2.48. The molecule has 17 heavy (non-hydrogen) atoms. The fourth-order valence-electron chi connectivity index (χ4n) is 1.46. The van der Waals surface area contributed by atoms with Gasteiger partial charge in [-0.2, -0.15) is 5.26 Å². The van der Waals surface area contributed by atoms with Crippen LogP contribution in [0.25, 0.3) is 0 Å². The first-order valence-corrected chi connectivity index (χ1v) is 6.53. The normalized spacial score (nSPS) is 10.2. The van der Waals surface area contributed by atoms with Gasteiger partial charge in [0.05, 0.1) is 6.07 Å². The molecule has 0 bridgehead atoms. The Labute approximate surface area is 111 Å². The van der Waals surface area contributed by atoms with E-state index in [-0.39, 0.29) is 0 Å². The number of hydrogen-bond acceptors (Lipinski definition) is 3. The van der Waals surface area contributed by atoms with Crippen LogP contribution in [0.5, 0.6) is 5.75 Å². The molecule has 0 aliphatic heterocycles. The van der Waals surface area contributed by atoms with Gasteiger partial charge >= 0.3 is 0 Å². The van der Waals surface area contributed by atoms with Crippen molar-refractivity contribution in [3.05, 3.63) is 28.7 Å². The predicted molar refractivity (Wildman–Crippen MR) is 72.0 cm³/mol. The molecule has 92 valence electrons. The molecule has 0 atom stereocenters. The number of hydrogen-bond donors (Lipinski definition) is 0. The molecule has 1 aromatic carbocycles. The van der Waals surface area contributed by atoms with Crippen LogP contribution in [0.15, 0.2) is 28.7 Å². The molecule has 0 fully saturated rings. The first-order valence-electron chi connectivity index (χ1n) is 5.74. The highest BCUT2D eigenvalue weighted by Gasteiger charge is 2.01. The third kappa shape index (κ3) is 5.71. The first kappa shape index (κ1) is 14.0. The molecule has 4 heteroatoms. The summed E-state index contributed by atoms with van der Waals surface area (Å²) in [6, 6.07) is 9.96. The van der Waals surface area contributed by atoms with Gasteiger partial charge in [-0.1, -0.05) is 22.9 Å². The quantitative estimate of drug-likeness (QED) is 0.776. The Hall–Kier alpha value is -1.05. The van der Waals surface area contributed by atoms with Crippen LogP contribution in [0.1, 0.15) is 13.3 Å². The zero-order chi connectivity index (χ0) is 12.5. The maximum atomic E-state index is 8.53. The van der Waals surface area contributed by atoms with Crippen LogP contribution in [-0.4, -0.2) is 31.1 Å². The molecule has 0 radical (unpaired) electrons. The van der Waals surface area contributed by atoms with Crippen molar-refractivity contribution in [3.8, 4) is 11.8 Å². The summed E-state index contributed by atoms with van der Waals surface area (Å²) in [5.41, 5.74) is 0. The van der Waals surface area contributed by atoms with E-state index >= 15 is 0 Å². The lowest BCUT2D eigenvalue weighted by Crippen LogP contribution is -2.29. The molecule has 3 nitrogen and oxygen atoms in total. The molecule has 0 N–H and O–H groups in total. The fourth-order valence-corrected chi connectivity index (χ4v) is 1.72. The standard InChI is InChI=1S/C13H17BrN2O/c1-2-16(9-3-8-15)10-11-17-13-6-4-12(14)5-7-13/h4-7H,2-3,9-11H2,1H3. The molecule has 0 aliphatic carbocycles. The van der Waals surface area contributed by atoms with Gasteiger partial charge in [-0.15, -0.1) is 0 Å². The monoisotopic (exact) mass is 296 g/mol. The average molecular weight is 297 g/mol. The summed E-state index contributed by atoms with van der Waals surface area (Å²) >= 11 is 3.38. The molecular formula is C13H17BrN2O. The van der Waals surface area contributed by atoms with Crippen LogP contribution in [0, 0.1) is 11.3 Å². The summed E-state index contributed by atoms with van der Waals surface area (Å²) in [5, 5.41) is 8.53. The minimum absolute atomic E-state index is 0.576. The predicted octanol–water partition coefficient (Wildman–Crippen LogP) is 3.06. The van der Waals surface area contributed by atoms with E-state index in [1.54, 1.807) is 0 Å². The molecule has 0 saturated heterocycles. The maximum absolute atomic E-state index is 8.53. The zero-order valence-corrected chi connectivity index (χ0v) is 11.6. The molecule has 0 aliphatic rings. The van der Waals surface area contributed by atoms with Gasteiger partial charge in [0, 0.05) is 24.0 Å². The summed E-state index contributed by atoms with van der Waals surface area (Å²) in [4.78, 5) is 2.21. The highest BCUT2D eigenvalue weighted by molar-refractivity contribution is 9.10. The van der Waals surface area contributed by atoms with E-state index in [1.807, 2.05) is 24.3 Å². The molecule has 0 aromatic heterocycles. The Bertz CT molecular complexity index is 359. The Balaban J connectivity index is 2.26. The van der Waals surface area contributed by atoms with Crippen molar-refractivity contribution in [2.45, 2.75) is 13.3 Å². The van der Waals surface area contributed by atoms with Crippen LogP contribution in [0.2, 0.25) is 0 Å². The molecular weight excluding hydrogens is 280 g/mol. The Morgan fingerprint density at radius 3 is 2.59 bits per heavy atom. The van der Waals surface area contributed by atoms with E-state index in [1.165, 1.54) is 0 Å². The second-order valence-corrected chi connectivity index (χ2v) is 4.56. The van der Waals surface area contributed by atoms with Gasteiger partial charge in [-0.3, -0.25) is 4.90 Å². The number of benzene rings is 1. The number of nitriles is 1. The van der Waals surface area contributed by atoms with Crippen molar-refractivity contribution in [1.82, 2.24) is 4.90 Å². The lowest BCUT2D eigenvalue weighted by molar-refractivity contribution is 0.218. The third-order valence-corrected chi connectivity index (χ3v) is 3.01. The Morgan fingerprint density at radius 2 is 2.00 bits per heavy atom. The van der Waals surface area contributed by atoms with Crippen molar-refractivity contribution < 1.29 is 4.74 Å². The molecule has 0 unspecified atom stereocenters. The molecule has 0 spiro atoms. The highest BCUT2D eigenvalue weighted by Crippen LogP contribution is 2.15. The average Bonchev–Trinajstić information content (AvgIpc) is 2.36. The minimum Gasteiger partial charge on any atom is -0.492 e. The SMILES string of the molecule is CCN(CCC#N)CCOc1ccc(Br)cc1.